The third kappa shape index (κ3) is 5.03. The first-order chi connectivity index (χ1) is 16.1. The number of pyridine rings is 1. The predicted octanol–water partition coefficient (Wildman–Crippen LogP) is 6.10. The molecule has 5 heteroatoms. The van der Waals surface area contributed by atoms with E-state index in [1.54, 1.807) is 13.3 Å². The van der Waals surface area contributed by atoms with Crippen LogP contribution in [0.1, 0.15) is 51.5 Å². The molecule has 5 nitrogen and oxygen atoms in total. The van der Waals surface area contributed by atoms with Gasteiger partial charge in [-0.1, -0.05) is 25.5 Å². The molecular formula is C28H33N3O2. The first-order valence-corrected chi connectivity index (χ1v) is 11.9. The third-order valence-corrected chi connectivity index (χ3v) is 6.32. The number of ether oxygens (including phenoxy) is 1. The quantitative estimate of drug-likeness (QED) is 0.304. The summed E-state index contributed by atoms with van der Waals surface area (Å²) < 4.78 is 5.49. The molecule has 0 bridgehead atoms. The predicted molar refractivity (Wildman–Crippen MR) is 134 cm³/mol. The molecule has 33 heavy (non-hydrogen) atoms. The first kappa shape index (κ1) is 22.8. The van der Waals surface area contributed by atoms with Crippen molar-refractivity contribution in [1.29, 1.82) is 0 Å². The molecule has 3 heterocycles. The second-order valence-electron chi connectivity index (χ2n) is 8.59. The van der Waals surface area contributed by atoms with Crippen LogP contribution in [0.3, 0.4) is 0 Å². The average Bonchev–Trinajstić information content (AvgIpc) is 3.39. The normalized spacial score (nSPS) is 18.8. The molecule has 0 saturated carbocycles. The Labute approximate surface area is 196 Å². The minimum atomic E-state index is 0.204. The van der Waals surface area contributed by atoms with E-state index >= 15 is 0 Å². The van der Waals surface area contributed by atoms with Gasteiger partial charge in [-0.15, -0.1) is 0 Å². The average molecular weight is 444 g/mol. The summed E-state index contributed by atoms with van der Waals surface area (Å²) >= 11 is 0. The Morgan fingerprint density at radius 1 is 1.36 bits per heavy atom. The van der Waals surface area contributed by atoms with Gasteiger partial charge in [0.25, 0.3) is 0 Å². The van der Waals surface area contributed by atoms with Crippen LogP contribution >= 0.6 is 0 Å². The fourth-order valence-corrected chi connectivity index (χ4v) is 4.63. The monoisotopic (exact) mass is 443 g/mol. The highest BCUT2D eigenvalue weighted by Crippen LogP contribution is 2.36. The van der Waals surface area contributed by atoms with Crippen LogP contribution in [0.2, 0.25) is 0 Å². The largest absolute Gasteiger partial charge is 0.497 e. The molecule has 0 radical (unpaired) electrons. The van der Waals surface area contributed by atoms with Crippen LogP contribution in [0.15, 0.2) is 77.0 Å². The summed E-state index contributed by atoms with van der Waals surface area (Å²) in [6.45, 7) is 5.90. The Hall–Kier alpha value is -3.34. The van der Waals surface area contributed by atoms with E-state index in [1.165, 1.54) is 11.3 Å². The number of aromatic nitrogens is 2. The summed E-state index contributed by atoms with van der Waals surface area (Å²) in [5.74, 6) is 1.05. The Bertz CT molecular complexity index is 1180. The lowest BCUT2D eigenvalue weighted by Gasteiger charge is -2.30. The van der Waals surface area contributed by atoms with Crippen molar-refractivity contribution in [3.8, 4) is 0 Å². The number of rotatable bonds is 8. The molecule has 2 aromatic rings. The summed E-state index contributed by atoms with van der Waals surface area (Å²) in [6, 6.07) is 3.98. The van der Waals surface area contributed by atoms with Crippen molar-refractivity contribution in [3.05, 3.63) is 82.6 Å². The van der Waals surface area contributed by atoms with E-state index in [0.29, 0.717) is 6.42 Å². The summed E-state index contributed by atoms with van der Waals surface area (Å²) in [4.78, 5) is 23.5. The maximum Gasteiger partial charge on any atom is 0.187 e. The molecule has 0 fully saturated rings. The van der Waals surface area contributed by atoms with Crippen LogP contribution in [0.25, 0.3) is 17.1 Å². The van der Waals surface area contributed by atoms with Crippen molar-refractivity contribution < 1.29 is 9.53 Å². The van der Waals surface area contributed by atoms with Crippen molar-refractivity contribution in [1.82, 2.24) is 14.9 Å². The Morgan fingerprint density at radius 3 is 3.03 bits per heavy atom. The van der Waals surface area contributed by atoms with Gasteiger partial charge >= 0.3 is 0 Å². The molecule has 0 saturated heterocycles. The molecule has 1 N–H and O–H groups in total. The Morgan fingerprint density at radius 2 is 2.24 bits per heavy atom. The fourth-order valence-electron chi connectivity index (χ4n) is 4.63. The third-order valence-electron chi connectivity index (χ3n) is 6.32. The lowest BCUT2D eigenvalue weighted by atomic mass is 10.0. The maximum atomic E-state index is 13.5. The van der Waals surface area contributed by atoms with E-state index in [2.05, 4.69) is 40.0 Å². The number of aromatic amines is 1. The maximum absolute atomic E-state index is 13.5. The molecule has 1 aliphatic heterocycles. The highest BCUT2D eigenvalue weighted by atomic mass is 16.5. The summed E-state index contributed by atoms with van der Waals surface area (Å²) in [5.41, 5.74) is 6.16. The van der Waals surface area contributed by atoms with E-state index in [-0.39, 0.29) is 5.78 Å². The molecule has 1 aliphatic carbocycles. The van der Waals surface area contributed by atoms with Gasteiger partial charge in [0.1, 0.15) is 11.4 Å². The highest BCUT2D eigenvalue weighted by molar-refractivity contribution is 6.15. The van der Waals surface area contributed by atoms with E-state index < -0.39 is 0 Å². The lowest BCUT2D eigenvalue weighted by molar-refractivity contribution is -0.112. The van der Waals surface area contributed by atoms with Crippen molar-refractivity contribution in [3.63, 3.8) is 0 Å². The van der Waals surface area contributed by atoms with E-state index in [9.17, 15) is 4.79 Å². The SMILES string of the molecule is C/C=C\C(=C/C1=CCCN(C2=C(CCCC)C(=O)/C(=C/c3c[nH]c4ncccc34)C2)C1)OC. The fraction of sp³-hybridized carbons (Fsp3) is 0.357. The van der Waals surface area contributed by atoms with Gasteiger partial charge in [-0.3, -0.25) is 4.79 Å². The number of nitrogens with zero attached hydrogens (tertiary/aromatic N) is 2. The van der Waals surface area contributed by atoms with Crippen molar-refractivity contribution in [2.75, 3.05) is 20.2 Å². The standard InChI is InChI=1S/C28H33N3O2/c1-4-6-11-25-26(31-14-8-10-20(19-31)15-23(33-3)9-5-2)17-21(27(25)32)16-22-18-30-28-24(22)12-7-13-29-28/h5,7,9-10,12-13,15-16,18H,4,6,8,11,14,17,19H2,1-3H3,(H,29,30)/b9-5-,21-16+,23-15+. The molecule has 0 aromatic carbocycles. The van der Waals surface area contributed by atoms with Gasteiger partial charge in [0.05, 0.1) is 7.11 Å². The molecule has 0 atom stereocenters. The summed E-state index contributed by atoms with van der Waals surface area (Å²) in [7, 11) is 1.70. The molecule has 4 rings (SSSR count). The van der Waals surface area contributed by atoms with Gasteiger partial charge in [0.2, 0.25) is 0 Å². The zero-order valence-corrected chi connectivity index (χ0v) is 19.9. The minimum Gasteiger partial charge on any atom is -0.497 e. The zero-order valence-electron chi connectivity index (χ0n) is 19.9. The number of carbonyl (C=O) groups is 1. The number of hydrogen-bond acceptors (Lipinski definition) is 4. The molecule has 172 valence electrons. The number of hydrogen-bond donors (Lipinski definition) is 1. The number of H-pyrrole nitrogens is 1. The number of ketones is 1. The molecule has 0 amide bonds. The van der Waals surface area contributed by atoms with Crippen LogP contribution in [0.5, 0.6) is 0 Å². The van der Waals surface area contributed by atoms with Crippen molar-refractivity contribution in [2.45, 2.75) is 46.0 Å². The molecule has 0 unspecified atom stereocenters. The zero-order chi connectivity index (χ0) is 23.2. The highest BCUT2D eigenvalue weighted by Gasteiger charge is 2.31. The topological polar surface area (TPSA) is 58.2 Å². The summed E-state index contributed by atoms with van der Waals surface area (Å²) in [5, 5.41) is 1.05. The molecule has 2 aliphatic rings. The van der Waals surface area contributed by atoms with Gasteiger partial charge in [0, 0.05) is 59.7 Å². The van der Waals surface area contributed by atoms with Crippen LogP contribution in [-0.2, 0) is 9.53 Å². The van der Waals surface area contributed by atoms with Gasteiger partial charge < -0.3 is 14.6 Å². The van der Waals surface area contributed by atoms with Crippen LogP contribution < -0.4 is 0 Å². The number of methoxy groups -OCH3 is 1. The number of nitrogens with one attached hydrogen (secondary N) is 1. The van der Waals surface area contributed by atoms with Crippen LogP contribution in [-0.4, -0.2) is 40.9 Å². The van der Waals surface area contributed by atoms with Gasteiger partial charge in [-0.05, 0) is 62.1 Å². The minimum absolute atomic E-state index is 0.204. The van der Waals surface area contributed by atoms with E-state index in [4.69, 9.17) is 4.74 Å². The first-order valence-electron chi connectivity index (χ1n) is 11.9. The smallest absolute Gasteiger partial charge is 0.187 e. The Balaban J connectivity index is 1.62. The Kier molecular flexibility index (Phi) is 7.28. The number of Topliss-reactive ketones (excluding diaryl/α,β-unsaturated/α-hetero) is 1. The van der Waals surface area contributed by atoms with Crippen molar-refractivity contribution in [2.24, 2.45) is 0 Å². The second kappa shape index (κ2) is 10.5. The number of carbonyl (C=O) groups excluding carboxylic acids is 1. The van der Waals surface area contributed by atoms with E-state index in [0.717, 1.165) is 72.3 Å². The molecular weight excluding hydrogens is 410 g/mol. The number of fused-ring (bicyclic) bond motifs is 1. The lowest BCUT2D eigenvalue weighted by Crippen LogP contribution is -2.29. The van der Waals surface area contributed by atoms with Crippen LogP contribution in [0.4, 0.5) is 0 Å². The second-order valence-corrected chi connectivity index (χ2v) is 8.59. The van der Waals surface area contributed by atoms with Crippen LogP contribution in [0, 0.1) is 0 Å². The molecule has 0 spiro atoms. The van der Waals surface area contributed by atoms with E-state index in [1.807, 2.05) is 37.4 Å². The summed E-state index contributed by atoms with van der Waals surface area (Å²) in [6.07, 6.45) is 18.7. The van der Waals surface area contributed by atoms with Crippen molar-refractivity contribution >= 4 is 22.9 Å². The van der Waals surface area contributed by atoms with Gasteiger partial charge in [-0.25, -0.2) is 4.98 Å². The number of allylic oxidation sites excluding steroid dienone is 4. The van der Waals surface area contributed by atoms with Gasteiger partial charge in [-0.2, -0.15) is 0 Å². The number of unbranched alkanes of at least 4 members (excludes halogenated alkanes) is 1. The molecule has 2 aromatic heterocycles. The van der Waals surface area contributed by atoms with Gasteiger partial charge in [0.15, 0.2) is 5.78 Å².